The predicted octanol–water partition coefficient (Wildman–Crippen LogP) is 2.15. The predicted molar refractivity (Wildman–Crippen MR) is 96.2 cm³/mol. The largest absolute Gasteiger partial charge is 0.382 e. The van der Waals surface area contributed by atoms with Crippen LogP contribution in [0.2, 0.25) is 0 Å². The molecule has 3 N–H and O–H groups in total. The van der Waals surface area contributed by atoms with E-state index in [0.29, 0.717) is 25.7 Å². The van der Waals surface area contributed by atoms with Crippen LogP contribution in [0.25, 0.3) is 11.3 Å². The first kappa shape index (κ1) is 13.7. The Kier molecular flexibility index (Phi) is 2.89. The first-order valence-corrected chi connectivity index (χ1v) is 9.64. The zero-order chi connectivity index (χ0) is 21.1. The number of hydrogen-bond donors (Lipinski definition) is 2. The minimum atomic E-state index is -3.92. The molecule has 0 unspecified atom stereocenters. The lowest BCUT2D eigenvalue weighted by Crippen LogP contribution is -2.55. The van der Waals surface area contributed by atoms with Gasteiger partial charge in [-0.3, -0.25) is 4.98 Å². The van der Waals surface area contributed by atoms with Gasteiger partial charge in [0.05, 0.1) is 34.5 Å². The standard InChI is InChI=1S/C18H19N5O2S/c1-12-2-3-13(6-14(12)15-7-22-16(20)8-21-15)26(24,25)23-18-5-4-17(9-18,10-18)11-19/h2-3,6-8,23H,4-5,9-10H2,1H3,(H2,20,22)/i1D3. The number of benzene rings is 1. The number of aryl methyl sites for hydroxylation is 1. The Morgan fingerprint density at radius 1 is 1.31 bits per heavy atom. The fourth-order valence-electron chi connectivity index (χ4n) is 4.06. The summed E-state index contributed by atoms with van der Waals surface area (Å²) in [5, 5.41) is 9.28. The average Bonchev–Trinajstić information content (AvgIpc) is 3.16. The van der Waals surface area contributed by atoms with Crippen LogP contribution in [0.4, 0.5) is 5.82 Å². The zero-order valence-electron chi connectivity index (χ0n) is 16.9. The van der Waals surface area contributed by atoms with Crippen LogP contribution in [0, 0.1) is 23.6 Å². The number of anilines is 1. The van der Waals surface area contributed by atoms with E-state index < -0.39 is 27.8 Å². The molecule has 7 nitrogen and oxygen atoms in total. The van der Waals surface area contributed by atoms with Crippen molar-refractivity contribution in [2.75, 3.05) is 5.73 Å². The lowest BCUT2D eigenvalue weighted by molar-refractivity contribution is 0.161. The molecule has 0 aliphatic heterocycles. The Morgan fingerprint density at radius 3 is 2.73 bits per heavy atom. The van der Waals surface area contributed by atoms with Crippen LogP contribution in [-0.4, -0.2) is 23.9 Å². The molecule has 5 rings (SSSR count). The van der Waals surface area contributed by atoms with Gasteiger partial charge in [-0.1, -0.05) is 6.07 Å². The van der Waals surface area contributed by atoms with E-state index in [1.165, 1.54) is 30.6 Å². The topological polar surface area (TPSA) is 122 Å². The van der Waals surface area contributed by atoms with Gasteiger partial charge in [-0.25, -0.2) is 18.1 Å². The molecule has 134 valence electrons. The molecule has 3 aliphatic rings. The molecule has 3 saturated carbocycles. The summed E-state index contributed by atoms with van der Waals surface area (Å²) in [5.74, 6) is 0.168. The number of nitrogens with zero attached hydrogens (tertiary/aromatic N) is 3. The highest BCUT2D eigenvalue weighted by Crippen LogP contribution is 2.61. The quantitative estimate of drug-likeness (QED) is 0.848. The summed E-state index contributed by atoms with van der Waals surface area (Å²) >= 11 is 0. The van der Waals surface area contributed by atoms with E-state index in [9.17, 15) is 13.7 Å². The highest BCUT2D eigenvalue weighted by Gasteiger charge is 2.62. The van der Waals surface area contributed by atoms with Crippen LogP contribution in [-0.2, 0) is 10.0 Å². The van der Waals surface area contributed by atoms with Crippen LogP contribution >= 0.6 is 0 Å². The van der Waals surface area contributed by atoms with Crippen LogP contribution in [0.3, 0.4) is 0 Å². The molecular formula is C18H19N5O2S. The summed E-state index contributed by atoms with van der Waals surface area (Å²) < 4.78 is 52.1. The molecule has 0 atom stereocenters. The summed E-state index contributed by atoms with van der Waals surface area (Å²) in [4.78, 5) is 7.97. The lowest BCUT2D eigenvalue weighted by Gasteiger charge is -2.43. The summed E-state index contributed by atoms with van der Waals surface area (Å²) in [6.07, 6.45) is 4.89. The summed E-state index contributed by atoms with van der Waals surface area (Å²) in [7, 11) is -3.92. The molecule has 1 heterocycles. The second-order valence-electron chi connectivity index (χ2n) is 7.17. The van der Waals surface area contributed by atoms with E-state index in [1.54, 1.807) is 0 Å². The molecule has 2 bridgehead atoms. The maximum absolute atomic E-state index is 13.0. The summed E-state index contributed by atoms with van der Waals surface area (Å²) in [6, 6.07) is 6.15. The van der Waals surface area contributed by atoms with Crippen molar-refractivity contribution in [3.05, 3.63) is 36.2 Å². The van der Waals surface area contributed by atoms with Crippen LogP contribution in [0.5, 0.6) is 0 Å². The molecule has 0 amide bonds. The van der Waals surface area contributed by atoms with Crippen LogP contribution in [0.15, 0.2) is 35.5 Å². The number of aromatic nitrogens is 2. The first-order chi connectivity index (χ1) is 13.5. The smallest absolute Gasteiger partial charge is 0.241 e. The molecule has 0 saturated heterocycles. The van der Waals surface area contributed by atoms with E-state index in [-0.39, 0.29) is 27.5 Å². The van der Waals surface area contributed by atoms with Gasteiger partial charge < -0.3 is 5.73 Å². The van der Waals surface area contributed by atoms with Crippen molar-refractivity contribution >= 4 is 15.8 Å². The van der Waals surface area contributed by atoms with Crippen LogP contribution < -0.4 is 10.5 Å². The van der Waals surface area contributed by atoms with Gasteiger partial charge in [0.1, 0.15) is 5.82 Å². The van der Waals surface area contributed by atoms with E-state index in [0.717, 1.165) is 0 Å². The minimum absolute atomic E-state index is 0.0262. The van der Waals surface area contributed by atoms with Crippen molar-refractivity contribution < 1.29 is 12.5 Å². The van der Waals surface area contributed by atoms with Gasteiger partial charge >= 0.3 is 0 Å². The highest BCUT2D eigenvalue weighted by atomic mass is 32.2. The molecular weight excluding hydrogens is 350 g/mol. The second-order valence-corrected chi connectivity index (χ2v) is 8.85. The van der Waals surface area contributed by atoms with Gasteiger partial charge in [-0.2, -0.15) is 5.26 Å². The number of nitrogens with one attached hydrogen (secondary N) is 1. The molecule has 1 aromatic carbocycles. The zero-order valence-corrected chi connectivity index (χ0v) is 14.7. The Hall–Kier alpha value is -2.50. The van der Waals surface area contributed by atoms with Crippen molar-refractivity contribution in [3.8, 4) is 17.3 Å². The Labute approximate surface area is 156 Å². The number of nitriles is 1. The number of sulfonamides is 1. The second kappa shape index (κ2) is 5.50. The van der Waals surface area contributed by atoms with Gasteiger partial charge in [0.2, 0.25) is 10.0 Å². The normalized spacial score (nSPS) is 29.1. The Balaban J connectivity index is 1.72. The minimum Gasteiger partial charge on any atom is -0.382 e. The number of rotatable bonds is 4. The summed E-state index contributed by atoms with van der Waals surface area (Å²) in [6.45, 7) is -2.46. The third kappa shape index (κ3) is 2.64. The lowest BCUT2D eigenvalue weighted by atomic mass is 9.66. The van der Waals surface area contributed by atoms with Crippen molar-refractivity contribution in [1.82, 2.24) is 14.7 Å². The van der Waals surface area contributed by atoms with Crippen molar-refractivity contribution in [3.63, 3.8) is 0 Å². The monoisotopic (exact) mass is 372 g/mol. The summed E-state index contributed by atoms with van der Waals surface area (Å²) in [5.41, 5.74) is 4.88. The highest BCUT2D eigenvalue weighted by molar-refractivity contribution is 7.89. The van der Waals surface area contributed by atoms with Gasteiger partial charge in [-0.15, -0.1) is 0 Å². The van der Waals surface area contributed by atoms with Gasteiger partial charge in [0.25, 0.3) is 0 Å². The molecule has 1 aromatic heterocycles. The van der Waals surface area contributed by atoms with Gasteiger partial charge in [-0.05, 0) is 50.2 Å². The Morgan fingerprint density at radius 2 is 2.12 bits per heavy atom. The molecule has 8 heteroatoms. The number of fused-ring (bicyclic) bond motifs is 1. The SMILES string of the molecule is [2H]C([2H])([2H])c1ccc(S(=O)(=O)NC23CCC(C#N)(C2)C3)cc1-c1cnc(N)cn1. The number of nitrogen functional groups attached to an aromatic ring is 1. The van der Waals surface area contributed by atoms with Crippen molar-refractivity contribution in [2.45, 2.75) is 43.0 Å². The first-order valence-electron chi connectivity index (χ1n) is 9.65. The molecule has 0 spiro atoms. The van der Waals surface area contributed by atoms with E-state index >= 15 is 0 Å². The molecule has 3 aliphatic carbocycles. The van der Waals surface area contributed by atoms with Gasteiger partial charge in [0, 0.05) is 15.2 Å². The molecule has 0 radical (unpaired) electrons. The maximum atomic E-state index is 13.0. The fourth-order valence-corrected chi connectivity index (χ4v) is 5.51. The fraction of sp³-hybridized carbons (Fsp3) is 0.389. The van der Waals surface area contributed by atoms with E-state index in [2.05, 4.69) is 20.8 Å². The Bertz CT molecular complexity index is 1120. The van der Waals surface area contributed by atoms with E-state index in [4.69, 9.17) is 9.85 Å². The van der Waals surface area contributed by atoms with E-state index in [1.807, 2.05) is 0 Å². The van der Waals surface area contributed by atoms with Crippen molar-refractivity contribution in [2.24, 2.45) is 5.41 Å². The molecule has 3 fully saturated rings. The van der Waals surface area contributed by atoms with Gasteiger partial charge in [0.15, 0.2) is 0 Å². The third-order valence-corrected chi connectivity index (χ3v) is 6.85. The molecule has 26 heavy (non-hydrogen) atoms. The van der Waals surface area contributed by atoms with Crippen molar-refractivity contribution in [1.29, 1.82) is 5.26 Å². The number of nitrogens with two attached hydrogens (primary N) is 1. The maximum Gasteiger partial charge on any atom is 0.241 e. The number of hydrogen-bond acceptors (Lipinski definition) is 6. The molecule has 2 aromatic rings. The third-order valence-electron chi connectivity index (χ3n) is 5.27. The average molecular weight is 372 g/mol. The van der Waals surface area contributed by atoms with Crippen LogP contribution in [0.1, 0.15) is 35.4 Å².